The first-order chi connectivity index (χ1) is 12.0. The number of anilines is 2. The van der Waals surface area contributed by atoms with Gasteiger partial charge in [-0.15, -0.1) is 11.3 Å². The van der Waals surface area contributed by atoms with Crippen LogP contribution in [0.1, 0.15) is 0 Å². The summed E-state index contributed by atoms with van der Waals surface area (Å²) in [7, 11) is -3.25. The van der Waals surface area contributed by atoms with Crippen LogP contribution < -0.4 is 5.32 Å². The molecule has 2 N–H and O–H groups in total. The van der Waals surface area contributed by atoms with E-state index in [1.165, 1.54) is 6.26 Å². The first-order valence-corrected chi connectivity index (χ1v) is 10.2. The number of nitrogens with zero attached hydrogens (tertiary/aromatic N) is 2. The van der Waals surface area contributed by atoms with Crippen molar-refractivity contribution in [3.8, 4) is 10.6 Å². The largest absolute Gasteiger partial charge is 0.326 e. The number of imidazole rings is 1. The van der Waals surface area contributed by atoms with E-state index in [0.29, 0.717) is 11.6 Å². The molecule has 0 aliphatic carbocycles. The third-order valence-corrected chi connectivity index (χ3v) is 5.62. The molecule has 0 aliphatic rings. The Balaban J connectivity index is 1.66. The highest BCUT2D eigenvalue weighted by Crippen LogP contribution is 2.26. The number of thiazole rings is 1. The molecule has 2 heterocycles. The van der Waals surface area contributed by atoms with Crippen molar-refractivity contribution in [1.82, 2.24) is 15.0 Å². The highest BCUT2D eigenvalue weighted by molar-refractivity contribution is 7.90. The molecule has 126 valence electrons. The molecule has 0 saturated heterocycles. The van der Waals surface area contributed by atoms with Crippen molar-refractivity contribution in [1.29, 1.82) is 0 Å². The summed E-state index contributed by atoms with van der Waals surface area (Å²) in [6.45, 7) is 0. The van der Waals surface area contributed by atoms with Gasteiger partial charge in [-0.2, -0.15) is 0 Å². The predicted molar refractivity (Wildman–Crippen MR) is 100 cm³/mol. The van der Waals surface area contributed by atoms with Gasteiger partial charge in [-0.3, -0.25) is 0 Å². The average Bonchev–Trinajstić information content (AvgIpc) is 3.22. The number of aromatic amines is 1. The first kappa shape index (κ1) is 15.8. The summed E-state index contributed by atoms with van der Waals surface area (Å²) in [6, 6.07) is 12.6. The Morgan fingerprint density at radius 2 is 2.04 bits per heavy atom. The Morgan fingerprint density at radius 3 is 2.80 bits per heavy atom. The monoisotopic (exact) mass is 370 g/mol. The van der Waals surface area contributed by atoms with Crippen molar-refractivity contribution in [2.24, 2.45) is 0 Å². The quantitative estimate of drug-likeness (QED) is 0.570. The molecule has 0 fully saturated rings. The molecule has 0 atom stereocenters. The zero-order valence-corrected chi connectivity index (χ0v) is 14.9. The van der Waals surface area contributed by atoms with Gasteiger partial charge in [0.25, 0.3) is 0 Å². The molecule has 2 aromatic heterocycles. The van der Waals surface area contributed by atoms with E-state index in [1.807, 2.05) is 23.6 Å². The highest BCUT2D eigenvalue weighted by atomic mass is 32.2. The topological polar surface area (TPSA) is 87.7 Å². The Hall–Kier alpha value is -2.71. The molecule has 2 aromatic carbocycles. The summed E-state index contributed by atoms with van der Waals surface area (Å²) >= 11 is 1.58. The van der Waals surface area contributed by atoms with Crippen molar-refractivity contribution in [2.45, 2.75) is 4.90 Å². The Labute approximate surface area is 148 Å². The van der Waals surface area contributed by atoms with Crippen LogP contribution in [0.4, 0.5) is 11.6 Å². The summed E-state index contributed by atoms with van der Waals surface area (Å²) in [6.07, 6.45) is 2.96. The third kappa shape index (κ3) is 3.26. The number of rotatable bonds is 4. The number of hydrogen-bond acceptors (Lipinski definition) is 6. The molecule has 0 radical (unpaired) electrons. The van der Waals surface area contributed by atoms with E-state index in [4.69, 9.17) is 0 Å². The standard InChI is InChI=1S/C17H14N4O2S2/c1-25(22,23)13-4-2-3-12(10-13)19-17-20-14-6-5-11(9-15(14)21-17)16-18-7-8-24-16/h2-10H,1H3,(H2,19,20,21). The van der Waals surface area contributed by atoms with Gasteiger partial charge in [-0.05, 0) is 36.4 Å². The number of sulfone groups is 1. The molecule has 0 bridgehead atoms. The average molecular weight is 370 g/mol. The van der Waals surface area contributed by atoms with Gasteiger partial charge in [-0.25, -0.2) is 18.4 Å². The summed E-state index contributed by atoms with van der Waals surface area (Å²) in [4.78, 5) is 12.3. The van der Waals surface area contributed by atoms with Crippen molar-refractivity contribution >= 4 is 43.8 Å². The highest BCUT2D eigenvalue weighted by Gasteiger charge is 2.09. The van der Waals surface area contributed by atoms with Gasteiger partial charge in [0.05, 0.1) is 15.9 Å². The summed E-state index contributed by atoms with van der Waals surface area (Å²) < 4.78 is 23.3. The first-order valence-electron chi connectivity index (χ1n) is 7.46. The molecule has 0 unspecified atom stereocenters. The maximum absolute atomic E-state index is 11.7. The van der Waals surface area contributed by atoms with Crippen LogP contribution in [0.5, 0.6) is 0 Å². The minimum Gasteiger partial charge on any atom is -0.326 e. The molecular weight excluding hydrogens is 356 g/mol. The van der Waals surface area contributed by atoms with E-state index in [2.05, 4.69) is 20.3 Å². The van der Waals surface area contributed by atoms with Crippen LogP contribution in [0.3, 0.4) is 0 Å². The number of aromatic nitrogens is 3. The molecule has 8 heteroatoms. The van der Waals surface area contributed by atoms with E-state index >= 15 is 0 Å². The maximum Gasteiger partial charge on any atom is 0.205 e. The van der Waals surface area contributed by atoms with E-state index in [-0.39, 0.29) is 4.90 Å². The van der Waals surface area contributed by atoms with Gasteiger partial charge in [0.2, 0.25) is 5.95 Å². The SMILES string of the molecule is CS(=O)(=O)c1cccc(Nc2nc3ccc(-c4nccs4)cc3[nH]2)c1. The van der Waals surface area contributed by atoms with Crippen molar-refractivity contribution < 1.29 is 8.42 Å². The molecule has 4 aromatic rings. The number of fused-ring (bicyclic) bond motifs is 1. The van der Waals surface area contributed by atoms with Crippen molar-refractivity contribution in [3.05, 3.63) is 54.0 Å². The molecule has 0 spiro atoms. The van der Waals surface area contributed by atoms with Gasteiger partial charge in [0.1, 0.15) is 5.01 Å². The number of benzene rings is 2. The molecule has 4 rings (SSSR count). The van der Waals surface area contributed by atoms with E-state index in [9.17, 15) is 8.42 Å². The lowest BCUT2D eigenvalue weighted by Gasteiger charge is -2.04. The molecule has 25 heavy (non-hydrogen) atoms. The minimum atomic E-state index is -3.25. The second kappa shape index (κ2) is 5.98. The van der Waals surface area contributed by atoms with Crippen LogP contribution in [-0.4, -0.2) is 29.6 Å². The van der Waals surface area contributed by atoms with Gasteiger partial charge >= 0.3 is 0 Å². The second-order valence-electron chi connectivity index (χ2n) is 5.58. The van der Waals surface area contributed by atoms with E-state index in [0.717, 1.165) is 21.6 Å². The summed E-state index contributed by atoms with van der Waals surface area (Å²) in [5.74, 6) is 0.553. The smallest absolute Gasteiger partial charge is 0.205 e. The lowest BCUT2D eigenvalue weighted by atomic mass is 10.2. The zero-order valence-electron chi connectivity index (χ0n) is 13.2. The Kier molecular flexibility index (Phi) is 3.78. The second-order valence-corrected chi connectivity index (χ2v) is 8.49. The van der Waals surface area contributed by atoms with Gasteiger partial charge in [-0.1, -0.05) is 6.07 Å². The van der Waals surface area contributed by atoms with Crippen LogP contribution in [-0.2, 0) is 9.84 Å². The number of H-pyrrole nitrogens is 1. The Bertz CT molecular complexity index is 1150. The Morgan fingerprint density at radius 1 is 1.16 bits per heavy atom. The van der Waals surface area contributed by atoms with Crippen LogP contribution in [0, 0.1) is 0 Å². The van der Waals surface area contributed by atoms with Crippen molar-refractivity contribution in [2.75, 3.05) is 11.6 Å². The van der Waals surface area contributed by atoms with Gasteiger partial charge in [0.15, 0.2) is 9.84 Å². The lowest BCUT2D eigenvalue weighted by molar-refractivity contribution is 0.602. The molecular formula is C17H14N4O2S2. The van der Waals surface area contributed by atoms with Crippen LogP contribution in [0.25, 0.3) is 21.6 Å². The summed E-state index contributed by atoms with van der Waals surface area (Å²) in [5, 5.41) is 6.01. The number of hydrogen-bond donors (Lipinski definition) is 2. The number of nitrogens with one attached hydrogen (secondary N) is 2. The van der Waals surface area contributed by atoms with Gasteiger partial charge < -0.3 is 10.3 Å². The fourth-order valence-corrected chi connectivity index (χ4v) is 3.81. The van der Waals surface area contributed by atoms with Crippen molar-refractivity contribution in [3.63, 3.8) is 0 Å². The van der Waals surface area contributed by atoms with E-state index < -0.39 is 9.84 Å². The van der Waals surface area contributed by atoms with Crippen LogP contribution in [0.15, 0.2) is 58.9 Å². The lowest BCUT2D eigenvalue weighted by Crippen LogP contribution is -1.99. The van der Waals surface area contributed by atoms with Gasteiger partial charge in [0, 0.05) is 29.1 Å². The predicted octanol–water partition coefficient (Wildman–Crippen LogP) is 3.83. The maximum atomic E-state index is 11.7. The minimum absolute atomic E-state index is 0.264. The zero-order chi connectivity index (χ0) is 17.4. The van der Waals surface area contributed by atoms with Crippen LogP contribution >= 0.6 is 11.3 Å². The molecule has 6 nitrogen and oxygen atoms in total. The van der Waals surface area contributed by atoms with E-state index in [1.54, 1.807) is 41.8 Å². The fourth-order valence-electron chi connectivity index (χ4n) is 2.51. The third-order valence-electron chi connectivity index (χ3n) is 3.69. The molecule has 0 saturated carbocycles. The molecule has 0 aliphatic heterocycles. The summed E-state index contributed by atoms with van der Waals surface area (Å²) in [5.41, 5.74) is 3.38. The van der Waals surface area contributed by atoms with Crippen LogP contribution in [0.2, 0.25) is 0 Å². The normalized spacial score (nSPS) is 11.7. The fraction of sp³-hybridized carbons (Fsp3) is 0.0588. The molecule has 0 amide bonds.